The van der Waals surface area contributed by atoms with Crippen LogP contribution in [0.15, 0.2) is 24.3 Å². The summed E-state index contributed by atoms with van der Waals surface area (Å²) in [5, 5.41) is 0. The zero-order chi connectivity index (χ0) is 16.6. The van der Waals surface area contributed by atoms with Gasteiger partial charge in [0.25, 0.3) is 0 Å². The zero-order valence-corrected chi connectivity index (χ0v) is 14.3. The van der Waals surface area contributed by atoms with Crippen LogP contribution in [0.4, 0.5) is 0 Å². The summed E-state index contributed by atoms with van der Waals surface area (Å²) in [5.74, 6) is 0.00640. The molecule has 0 radical (unpaired) electrons. The second-order valence-electron chi connectivity index (χ2n) is 4.30. The smallest absolute Gasteiger partial charge is 0.349 e. The van der Waals surface area contributed by atoms with E-state index in [0.717, 1.165) is 0 Å². The average molecular weight is 330 g/mol. The molecule has 0 saturated carbocycles. The van der Waals surface area contributed by atoms with Crippen LogP contribution in [0.1, 0.15) is 32.0 Å². The summed E-state index contributed by atoms with van der Waals surface area (Å²) < 4.78 is 33.8. The lowest BCUT2D eigenvalue weighted by atomic mass is 10.1. The van der Waals surface area contributed by atoms with Crippen LogP contribution in [0.25, 0.3) is 0 Å². The molecular weight excluding hydrogens is 307 g/mol. The van der Waals surface area contributed by atoms with Crippen molar-refractivity contribution in [1.29, 1.82) is 0 Å². The summed E-state index contributed by atoms with van der Waals surface area (Å²) in [4.78, 5) is 12.3. The lowest BCUT2D eigenvalue weighted by Crippen LogP contribution is -2.19. The van der Waals surface area contributed by atoms with E-state index in [4.69, 9.17) is 18.5 Å². The predicted molar refractivity (Wildman–Crippen MR) is 83.2 cm³/mol. The van der Waals surface area contributed by atoms with Crippen molar-refractivity contribution in [1.82, 2.24) is 0 Å². The maximum atomic E-state index is 13.0. The molecule has 1 aromatic carbocycles. The minimum Gasteiger partial charge on any atom is -0.497 e. The first-order chi connectivity index (χ1) is 10.5. The van der Waals surface area contributed by atoms with Crippen LogP contribution >= 0.6 is 7.60 Å². The summed E-state index contributed by atoms with van der Waals surface area (Å²) in [5.41, 5.74) is -0.609. The van der Waals surface area contributed by atoms with Crippen LogP contribution in [-0.2, 0) is 23.1 Å². The van der Waals surface area contributed by atoms with Crippen LogP contribution in [0.2, 0.25) is 0 Å². The number of methoxy groups -OCH3 is 1. The van der Waals surface area contributed by atoms with Gasteiger partial charge in [-0.05, 0) is 38.5 Å². The number of carbonyl (C=O) groups is 1. The average Bonchev–Trinajstić information content (AvgIpc) is 2.49. The summed E-state index contributed by atoms with van der Waals surface area (Å²) >= 11 is 0. The molecule has 1 aromatic rings. The Morgan fingerprint density at radius 3 is 2.00 bits per heavy atom. The van der Waals surface area contributed by atoms with Crippen LogP contribution in [0.5, 0.6) is 5.75 Å². The van der Waals surface area contributed by atoms with E-state index in [1.54, 1.807) is 52.1 Å². The highest BCUT2D eigenvalue weighted by Gasteiger charge is 2.43. The Hall–Kier alpha value is -1.36. The Bertz CT molecular complexity index is 503. The number of ether oxygens (including phenoxy) is 2. The second kappa shape index (κ2) is 8.93. The van der Waals surface area contributed by atoms with Gasteiger partial charge in [-0.2, -0.15) is 0 Å². The Balaban J connectivity index is 3.25. The largest absolute Gasteiger partial charge is 0.497 e. The van der Waals surface area contributed by atoms with Crippen molar-refractivity contribution in [2.75, 3.05) is 26.9 Å². The minimum atomic E-state index is -3.68. The minimum absolute atomic E-state index is 0.170. The molecule has 0 saturated heterocycles. The molecule has 1 rings (SSSR count). The van der Waals surface area contributed by atoms with E-state index >= 15 is 0 Å². The first-order valence-corrected chi connectivity index (χ1v) is 8.82. The topological polar surface area (TPSA) is 71.1 Å². The quantitative estimate of drug-likeness (QED) is 0.509. The van der Waals surface area contributed by atoms with Crippen molar-refractivity contribution >= 4 is 13.6 Å². The lowest BCUT2D eigenvalue weighted by Gasteiger charge is -2.25. The summed E-state index contributed by atoms with van der Waals surface area (Å²) in [6, 6.07) is 6.68. The van der Waals surface area contributed by atoms with E-state index in [1.807, 2.05) is 0 Å². The number of rotatable bonds is 9. The molecule has 0 aliphatic carbocycles. The Kier molecular flexibility index (Phi) is 7.59. The first-order valence-electron chi connectivity index (χ1n) is 7.21. The normalized spacial score (nSPS) is 12.7. The first kappa shape index (κ1) is 18.7. The van der Waals surface area contributed by atoms with Crippen molar-refractivity contribution in [2.24, 2.45) is 0 Å². The fourth-order valence-electron chi connectivity index (χ4n) is 2.00. The number of benzene rings is 1. The van der Waals surface area contributed by atoms with Gasteiger partial charge in [-0.1, -0.05) is 12.1 Å². The summed E-state index contributed by atoms with van der Waals surface area (Å²) in [6.07, 6.45) is 0. The molecule has 0 aliphatic heterocycles. The number of hydrogen-bond acceptors (Lipinski definition) is 6. The van der Waals surface area contributed by atoms with Crippen molar-refractivity contribution in [2.45, 2.75) is 26.4 Å². The highest BCUT2D eigenvalue weighted by Crippen LogP contribution is 2.61. The van der Waals surface area contributed by atoms with Gasteiger partial charge in [0.05, 0.1) is 26.9 Å². The van der Waals surface area contributed by atoms with Gasteiger partial charge in [-0.25, -0.2) is 0 Å². The molecule has 7 heteroatoms. The Morgan fingerprint density at radius 2 is 1.59 bits per heavy atom. The summed E-state index contributed by atoms with van der Waals surface area (Å²) in [7, 11) is -2.13. The molecule has 1 atom stereocenters. The molecular formula is C15H23O6P. The molecule has 0 aliphatic rings. The molecule has 22 heavy (non-hydrogen) atoms. The molecule has 0 N–H and O–H groups in total. The van der Waals surface area contributed by atoms with Crippen LogP contribution in [-0.4, -0.2) is 32.9 Å². The predicted octanol–water partition coefficient (Wildman–Crippen LogP) is 3.57. The molecule has 0 fully saturated rings. The van der Waals surface area contributed by atoms with Gasteiger partial charge in [0.2, 0.25) is 0 Å². The lowest BCUT2D eigenvalue weighted by molar-refractivity contribution is -0.143. The third kappa shape index (κ3) is 4.57. The maximum absolute atomic E-state index is 13.0. The van der Waals surface area contributed by atoms with Gasteiger partial charge >= 0.3 is 13.6 Å². The fourth-order valence-corrected chi connectivity index (χ4v) is 3.96. The van der Waals surface area contributed by atoms with E-state index in [1.165, 1.54) is 0 Å². The van der Waals surface area contributed by atoms with Gasteiger partial charge in [0.1, 0.15) is 5.75 Å². The monoisotopic (exact) mass is 330 g/mol. The maximum Gasteiger partial charge on any atom is 0.349 e. The van der Waals surface area contributed by atoms with E-state index in [9.17, 15) is 9.36 Å². The van der Waals surface area contributed by atoms with Crippen molar-refractivity contribution in [3.8, 4) is 5.75 Å². The van der Waals surface area contributed by atoms with Crippen molar-refractivity contribution in [3.63, 3.8) is 0 Å². The van der Waals surface area contributed by atoms with Gasteiger partial charge in [-0.15, -0.1) is 0 Å². The fraction of sp³-hybridized carbons (Fsp3) is 0.533. The SMILES string of the molecule is CCOC(=O)[C@H](c1ccc(OC)cc1)P(=O)(OCC)OCC. The van der Waals surface area contributed by atoms with Gasteiger partial charge in [0, 0.05) is 0 Å². The highest BCUT2D eigenvalue weighted by molar-refractivity contribution is 7.55. The third-order valence-electron chi connectivity index (χ3n) is 2.88. The van der Waals surface area contributed by atoms with E-state index in [0.29, 0.717) is 11.3 Å². The number of esters is 1. The molecule has 0 heterocycles. The second-order valence-corrected chi connectivity index (χ2v) is 6.42. The van der Waals surface area contributed by atoms with Gasteiger partial charge in [0.15, 0.2) is 5.66 Å². The zero-order valence-electron chi connectivity index (χ0n) is 13.4. The molecule has 6 nitrogen and oxygen atoms in total. The van der Waals surface area contributed by atoms with Gasteiger partial charge in [-0.3, -0.25) is 9.36 Å². The number of hydrogen-bond donors (Lipinski definition) is 0. The Labute approximate surface area is 131 Å². The van der Waals surface area contributed by atoms with Crippen molar-refractivity contribution < 1.29 is 27.9 Å². The molecule has 0 amide bonds. The number of carbonyl (C=O) groups excluding carboxylic acids is 1. The third-order valence-corrected chi connectivity index (χ3v) is 5.25. The van der Waals surface area contributed by atoms with Crippen LogP contribution in [0.3, 0.4) is 0 Å². The molecule has 0 spiro atoms. The summed E-state index contributed by atoms with van der Waals surface area (Å²) in [6.45, 7) is 5.61. The molecule has 0 bridgehead atoms. The van der Waals surface area contributed by atoms with E-state index in [-0.39, 0.29) is 19.8 Å². The highest BCUT2D eigenvalue weighted by atomic mass is 31.2. The molecule has 0 unspecified atom stereocenters. The Morgan fingerprint density at radius 1 is 1.05 bits per heavy atom. The van der Waals surface area contributed by atoms with E-state index in [2.05, 4.69) is 0 Å². The van der Waals surface area contributed by atoms with Crippen LogP contribution in [0, 0.1) is 0 Å². The standard InChI is InChI=1S/C15H23O6P/c1-5-19-15(16)14(22(17,20-6-2)21-7-3)12-8-10-13(18-4)11-9-12/h8-11,14H,5-7H2,1-4H3/t14-/m0/s1. The van der Waals surface area contributed by atoms with Crippen molar-refractivity contribution in [3.05, 3.63) is 29.8 Å². The van der Waals surface area contributed by atoms with Crippen LogP contribution < -0.4 is 4.74 Å². The molecule has 124 valence electrons. The van der Waals surface area contributed by atoms with E-state index < -0.39 is 19.2 Å². The van der Waals surface area contributed by atoms with Gasteiger partial charge < -0.3 is 18.5 Å². The molecule has 0 aromatic heterocycles.